The van der Waals surface area contributed by atoms with Crippen LogP contribution in [0.3, 0.4) is 0 Å². The molecule has 1 aromatic rings. The van der Waals surface area contributed by atoms with E-state index in [1.807, 2.05) is 4.90 Å². The van der Waals surface area contributed by atoms with Crippen LogP contribution in [-0.4, -0.2) is 47.9 Å². The van der Waals surface area contributed by atoms with Crippen LogP contribution in [0.1, 0.15) is 43.0 Å². The van der Waals surface area contributed by atoms with Gasteiger partial charge in [0.15, 0.2) is 0 Å². The molecule has 5 nitrogen and oxygen atoms in total. The van der Waals surface area contributed by atoms with Gasteiger partial charge in [-0.05, 0) is 43.7 Å². The van der Waals surface area contributed by atoms with Crippen LogP contribution in [0, 0.1) is 12.8 Å². The summed E-state index contributed by atoms with van der Waals surface area (Å²) in [5.74, 6) is 0.391. The molecule has 1 aliphatic heterocycles. The van der Waals surface area contributed by atoms with Gasteiger partial charge in [0.2, 0.25) is 0 Å². The highest BCUT2D eigenvalue weighted by Gasteiger charge is 2.34. The van der Waals surface area contributed by atoms with Crippen molar-refractivity contribution in [1.82, 2.24) is 10.2 Å². The number of hydrogen-bond donors (Lipinski definition) is 2. The zero-order valence-corrected chi connectivity index (χ0v) is 14.8. The number of nitrogens with zero attached hydrogens (tertiary/aromatic N) is 1. The van der Waals surface area contributed by atoms with Crippen molar-refractivity contribution in [1.29, 1.82) is 0 Å². The van der Waals surface area contributed by atoms with E-state index in [2.05, 4.69) is 37.4 Å². The quantitative estimate of drug-likeness (QED) is 0.893. The zero-order valence-electron chi connectivity index (χ0n) is 14.8. The lowest BCUT2D eigenvalue weighted by atomic mass is 10.0. The van der Waals surface area contributed by atoms with E-state index in [1.54, 1.807) is 6.92 Å². The minimum Gasteiger partial charge on any atom is -0.393 e. The lowest BCUT2D eigenvalue weighted by Gasteiger charge is -2.37. The molecule has 2 amide bonds. The molecule has 0 spiro atoms. The summed E-state index contributed by atoms with van der Waals surface area (Å²) >= 11 is 0. The molecule has 0 unspecified atom stereocenters. The highest BCUT2D eigenvalue weighted by atomic mass is 16.5. The smallest absolute Gasteiger partial charge is 0.318 e. The number of fused-ring (bicyclic) bond motifs is 1. The maximum Gasteiger partial charge on any atom is 0.318 e. The number of rotatable bonds is 3. The molecule has 0 bridgehead atoms. The van der Waals surface area contributed by atoms with Gasteiger partial charge in [0.1, 0.15) is 0 Å². The van der Waals surface area contributed by atoms with Crippen LogP contribution in [0.15, 0.2) is 18.2 Å². The summed E-state index contributed by atoms with van der Waals surface area (Å²) in [6.45, 7) is 7.65. The maximum absolute atomic E-state index is 12.9. The van der Waals surface area contributed by atoms with Crippen molar-refractivity contribution in [3.05, 3.63) is 34.9 Å². The average Bonchev–Trinajstić information content (AvgIpc) is 2.83. The third kappa shape index (κ3) is 3.57. The summed E-state index contributed by atoms with van der Waals surface area (Å²) in [5.41, 5.74) is 3.80. The van der Waals surface area contributed by atoms with Crippen molar-refractivity contribution in [3.8, 4) is 0 Å². The first-order chi connectivity index (χ1) is 11.5. The van der Waals surface area contributed by atoms with E-state index in [1.165, 1.54) is 16.7 Å². The fourth-order valence-electron chi connectivity index (χ4n) is 3.91. The van der Waals surface area contributed by atoms with Gasteiger partial charge in [-0.25, -0.2) is 4.79 Å². The molecule has 1 saturated heterocycles. The predicted molar refractivity (Wildman–Crippen MR) is 92.9 cm³/mol. The molecule has 0 radical (unpaired) electrons. The molecular formula is C19H28N2O3. The van der Waals surface area contributed by atoms with E-state index in [0.29, 0.717) is 32.1 Å². The van der Waals surface area contributed by atoms with Gasteiger partial charge in [-0.15, -0.1) is 0 Å². The van der Waals surface area contributed by atoms with Crippen LogP contribution in [0.5, 0.6) is 0 Å². The number of aryl methyl sites for hydroxylation is 1. The topological polar surface area (TPSA) is 61.8 Å². The summed E-state index contributed by atoms with van der Waals surface area (Å²) < 4.78 is 5.49. The van der Waals surface area contributed by atoms with Gasteiger partial charge >= 0.3 is 6.03 Å². The predicted octanol–water partition coefficient (Wildman–Crippen LogP) is 2.41. The Kier molecular flexibility index (Phi) is 5.11. The first-order valence-electron chi connectivity index (χ1n) is 8.88. The van der Waals surface area contributed by atoms with E-state index >= 15 is 0 Å². The summed E-state index contributed by atoms with van der Waals surface area (Å²) in [4.78, 5) is 14.7. The van der Waals surface area contributed by atoms with Crippen LogP contribution < -0.4 is 5.32 Å². The second kappa shape index (κ2) is 7.11. The average molecular weight is 332 g/mol. The molecule has 0 saturated carbocycles. The minimum absolute atomic E-state index is 0.0462. The van der Waals surface area contributed by atoms with E-state index in [-0.39, 0.29) is 18.1 Å². The van der Waals surface area contributed by atoms with Crippen molar-refractivity contribution in [3.63, 3.8) is 0 Å². The monoisotopic (exact) mass is 332 g/mol. The Morgan fingerprint density at radius 1 is 1.50 bits per heavy atom. The Morgan fingerprint density at radius 2 is 2.29 bits per heavy atom. The normalized spacial score (nSPS) is 27.7. The molecule has 132 valence electrons. The maximum atomic E-state index is 12.9. The van der Waals surface area contributed by atoms with Crippen LogP contribution in [0.2, 0.25) is 0 Å². The third-order valence-corrected chi connectivity index (χ3v) is 5.13. The summed E-state index contributed by atoms with van der Waals surface area (Å²) in [5, 5.41) is 12.9. The van der Waals surface area contributed by atoms with Crippen molar-refractivity contribution in [2.24, 2.45) is 5.92 Å². The first-order valence-corrected chi connectivity index (χ1v) is 8.88. The number of hydrogen-bond acceptors (Lipinski definition) is 3. The molecule has 4 atom stereocenters. The number of aliphatic hydroxyl groups is 1. The fourth-order valence-corrected chi connectivity index (χ4v) is 3.91. The fraction of sp³-hybridized carbons (Fsp3) is 0.632. The van der Waals surface area contributed by atoms with Gasteiger partial charge in [0, 0.05) is 6.54 Å². The molecule has 2 aliphatic rings. The molecule has 1 fully saturated rings. The van der Waals surface area contributed by atoms with Crippen LogP contribution in [0.25, 0.3) is 0 Å². The number of benzene rings is 1. The van der Waals surface area contributed by atoms with E-state index in [4.69, 9.17) is 4.74 Å². The van der Waals surface area contributed by atoms with E-state index in [0.717, 1.165) is 6.42 Å². The number of amides is 2. The molecule has 1 aromatic carbocycles. The Balaban J connectivity index is 1.73. The Bertz CT molecular complexity index is 602. The molecule has 24 heavy (non-hydrogen) atoms. The Morgan fingerprint density at radius 3 is 3.04 bits per heavy atom. The number of aliphatic hydroxyl groups excluding tert-OH is 1. The molecule has 2 N–H and O–H groups in total. The van der Waals surface area contributed by atoms with Gasteiger partial charge in [0.25, 0.3) is 0 Å². The van der Waals surface area contributed by atoms with Crippen molar-refractivity contribution in [2.45, 2.75) is 51.8 Å². The number of ether oxygens (including phenoxy) is 1. The zero-order chi connectivity index (χ0) is 17.3. The van der Waals surface area contributed by atoms with Gasteiger partial charge in [-0.2, -0.15) is 0 Å². The third-order valence-electron chi connectivity index (χ3n) is 5.13. The van der Waals surface area contributed by atoms with E-state index in [9.17, 15) is 9.90 Å². The number of carbonyl (C=O) groups excluding carboxylic acids is 1. The second-order valence-electron chi connectivity index (χ2n) is 7.32. The number of nitrogens with one attached hydrogen (secondary N) is 1. The SMILES string of the molecule is Cc1ccc2c(c1)[C@H](NC(=O)N1CCOC[C@@H]1C[C@@H](C)O)[C@H](C)C2. The second-order valence-corrected chi connectivity index (χ2v) is 7.32. The lowest BCUT2D eigenvalue weighted by Crippen LogP contribution is -2.54. The van der Waals surface area contributed by atoms with Crippen LogP contribution in [-0.2, 0) is 11.2 Å². The van der Waals surface area contributed by atoms with Crippen LogP contribution in [0.4, 0.5) is 4.79 Å². The molecular weight excluding hydrogens is 304 g/mol. The Hall–Kier alpha value is -1.59. The standard InChI is InChI=1S/C19H28N2O3/c1-12-4-5-15-9-13(2)18(17(15)8-12)20-19(23)21-6-7-24-11-16(21)10-14(3)22/h4-5,8,13-14,16,18,22H,6-7,9-11H2,1-3H3,(H,20,23)/t13-,14-,16+,18-/m1/s1. The molecule has 5 heteroatoms. The van der Waals surface area contributed by atoms with Crippen molar-refractivity contribution >= 4 is 6.03 Å². The molecule has 1 aliphatic carbocycles. The number of urea groups is 1. The van der Waals surface area contributed by atoms with Gasteiger partial charge in [-0.3, -0.25) is 0 Å². The minimum atomic E-state index is -0.444. The van der Waals surface area contributed by atoms with Crippen molar-refractivity contribution < 1.29 is 14.6 Å². The molecule has 1 heterocycles. The highest BCUT2D eigenvalue weighted by molar-refractivity contribution is 5.75. The molecule has 3 rings (SSSR count). The lowest BCUT2D eigenvalue weighted by molar-refractivity contribution is -0.00507. The van der Waals surface area contributed by atoms with Gasteiger partial charge in [0.05, 0.1) is 31.4 Å². The van der Waals surface area contributed by atoms with Gasteiger partial charge < -0.3 is 20.1 Å². The largest absolute Gasteiger partial charge is 0.393 e. The Labute approximate surface area is 144 Å². The van der Waals surface area contributed by atoms with Crippen LogP contribution >= 0.6 is 0 Å². The van der Waals surface area contributed by atoms with Crippen molar-refractivity contribution in [2.75, 3.05) is 19.8 Å². The summed E-state index contributed by atoms with van der Waals surface area (Å²) in [6, 6.07) is 6.45. The molecule has 0 aromatic heterocycles. The summed E-state index contributed by atoms with van der Waals surface area (Å²) in [6.07, 6.45) is 1.10. The van der Waals surface area contributed by atoms with E-state index < -0.39 is 6.10 Å². The number of morpholine rings is 1. The van der Waals surface area contributed by atoms with Gasteiger partial charge in [-0.1, -0.05) is 30.7 Å². The summed E-state index contributed by atoms with van der Waals surface area (Å²) in [7, 11) is 0. The number of carbonyl (C=O) groups is 1. The first kappa shape index (κ1) is 17.2. The highest BCUT2D eigenvalue weighted by Crippen LogP contribution is 2.36.